The number of hydrogen-bond donors (Lipinski definition) is 0. The van der Waals surface area contributed by atoms with Gasteiger partial charge in [-0.25, -0.2) is 0 Å². The summed E-state index contributed by atoms with van der Waals surface area (Å²) in [4.78, 5) is 4.42. The molecule has 2 rings (SSSR count). The Labute approximate surface area is 138 Å². The zero-order valence-corrected chi connectivity index (χ0v) is 13.5. The lowest BCUT2D eigenvalue weighted by molar-refractivity contribution is 0.323. The molecule has 0 radical (unpaired) electrons. The zero-order chi connectivity index (χ0) is 16.3. The average Bonchev–Trinajstić information content (AvgIpc) is 2.61. The topological polar surface area (TPSA) is 45.9 Å². The van der Waals surface area contributed by atoms with Gasteiger partial charge in [0.15, 0.2) is 0 Å². The second kappa shape index (κ2) is 9.42. The molecule has 0 aliphatic rings. The standard InChI is InChI=1S/C20H22N2O/c1-2-3-4-5-6-7-14-23-19-12-13-20(22-16-19)18-10-8-17(15-21)9-11-18/h5-6,8-13,16H,2-4,7,14H2,1H3. The van der Waals surface area contributed by atoms with Crippen molar-refractivity contribution in [1.29, 1.82) is 5.26 Å². The molecular formula is C20H22N2O. The van der Waals surface area contributed by atoms with Crippen LogP contribution in [0, 0.1) is 11.3 Å². The molecular weight excluding hydrogens is 284 g/mol. The van der Waals surface area contributed by atoms with Crippen LogP contribution in [0.2, 0.25) is 0 Å². The fraction of sp³-hybridized carbons (Fsp3) is 0.300. The van der Waals surface area contributed by atoms with Crippen LogP contribution in [0.15, 0.2) is 54.7 Å². The lowest BCUT2D eigenvalue weighted by Crippen LogP contribution is -1.96. The highest BCUT2D eigenvalue weighted by Crippen LogP contribution is 2.20. The Morgan fingerprint density at radius 2 is 1.87 bits per heavy atom. The van der Waals surface area contributed by atoms with Crippen LogP contribution in [0.25, 0.3) is 11.3 Å². The number of nitriles is 1. The number of rotatable bonds is 8. The molecule has 0 saturated heterocycles. The van der Waals surface area contributed by atoms with Crippen molar-refractivity contribution in [2.75, 3.05) is 6.61 Å². The van der Waals surface area contributed by atoms with Gasteiger partial charge in [-0.05, 0) is 37.1 Å². The van der Waals surface area contributed by atoms with E-state index >= 15 is 0 Å². The molecule has 118 valence electrons. The first-order valence-corrected chi connectivity index (χ1v) is 8.08. The number of ether oxygens (including phenoxy) is 1. The monoisotopic (exact) mass is 306 g/mol. The summed E-state index contributed by atoms with van der Waals surface area (Å²) in [6.45, 7) is 2.87. The maximum absolute atomic E-state index is 8.81. The van der Waals surface area contributed by atoms with Gasteiger partial charge in [-0.3, -0.25) is 4.98 Å². The molecule has 0 aliphatic carbocycles. The molecule has 0 spiro atoms. The number of hydrogen-bond acceptors (Lipinski definition) is 3. The molecule has 0 saturated carbocycles. The van der Waals surface area contributed by atoms with Gasteiger partial charge in [0.2, 0.25) is 0 Å². The van der Waals surface area contributed by atoms with E-state index in [1.54, 1.807) is 18.3 Å². The van der Waals surface area contributed by atoms with Crippen molar-refractivity contribution in [2.45, 2.75) is 32.6 Å². The van der Waals surface area contributed by atoms with E-state index in [2.05, 4.69) is 30.1 Å². The third kappa shape index (κ3) is 5.60. The van der Waals surface area contributed by atoms with Crippen molar-refractivity contribution >= 4 is 0 Å². The molecule has 0 atom stereocenters. The average molecular weight is 306 g/mol. The van der Waals surface area contributed by atoms with Crippen molar-refractivity contribution in [1.82, 2.24) is 4.98 Å². The number of nitrogens with zero attached hydrogens (tertiary/aromatic N) is 2. The van der Waals surface area contributed by atoms with Gasteiger partial charge in [0.1, 0.15) is 5.75 Å². The van der Waals surface area contributed by atoms with Gasteiger partial charge in [0.25, 0.3) is 0 Å². The molecule has 23 heavy (non-hydrogen) atoms. The molecule has 3 nitrogen and oxygen atoms in total. The molecule has 1 aromatic heterocycles. The first-order chi connectivity index (χ1) is 11.3. The summed E-state index contributed by atoms with van der Waals surface area (Å²) >= 11 is 0. The minimum Gasteiger partial charge on any atom is -0.492 e. The highest BCUT2D eigenvalue weighted by molar-refractivity contribution is 5.60. The van der Waals surface area contributed by atoms with E-state index in [4.69, 9.17) is 10.00 Å². The maximum Gasteiger partial charge on any atom is 0.137 e. The lowest BCUT2D eigenvalue weighted by Gasteiger charge is -2.05. The largest absolute Gasteiger partial charge is 0.492 e. The van der Waals surface area contributed by atoms with E-state index in [9.17, 15) is 0 Å². The van der Waals surface area contributed by atoms with E-state index in [-0.39, 0.29) is 0 Å². The predicted octanol–water partition coefficient (Wildman–Crippen LogP) is 5.14. The first kappa shape index (κ1) is 16.8. The van der Waals surface area contributed by atoms with Crippen molar-refractivity contribution in [2.24, 2.45) is 0 Å². The van der Waals surface area contributed by atoms with Crippen LogP contribution in [-0.4, -0.2) is 11.6 Å². The summed E-state index contributed by atoms with van der Waals surface area (Å²) in [6.07, 6.45) is 10.7. The third-order valence-electron chi connectivity index (χ3n) is 3.49. The minimum absolute atomic E-state index is 0.653. The summed E-state index contributed by atoms with van der Waals surface area (Å²) in [5.74, 6) is 0.782. The lowest BCUT2D eigenvalue weighted by atomic mass is 10.1. The highest BCUT2D eigenvalue weighted by atomic mass is 16.5. The number of pyridine rings is 1. The van der Waals surface area contributed by atoms with Crippen molar-refractivity contribution in [3.8, 4) is 23.1 Å². The predicted molar refractivity (Wildman–Crippen MR) is 93.2 cm³/mol. The van der Waals surface area contributed by atoms with Crippen molar-refractivity contribution < 1.29 is 4.74 Å². The Morgan fingerprint density at radius 1 is 1.09 bits per heavy atom. The van der Waals surface area contributed by atoms with Gasteiger partial charge in [-0.2, -0.15) is 5.26 Å². The van der Waals surface area contributed by atoms with Gasteiger partial charge in [-0.1, -0.05) is 44.1 Å². The van der Waals surface area contributed by atoms with Gasteiger partial charge in [-0.15, -0.1) is 0 Å². The summed E-state index contributed by atoms with van der Waals surface area (Å²) in [5, 5.41) is 8.81. The molecule has 2 aromatic rings. The smallest absolute Gasteiger partial charge is 0.137 e. The van der Waals surface area contributed by atoms with E-state index in [1.807, 2.05) is 24.3 Å². The fourth-order valence-corrected chi connectivity index (χ4v) is 2.15. The van der Waals surface area contributed by atoms with Crippen LogP contribution in [0.3, 0.4) is 0 Å². The fourth-order valence-electron chi connectivity index (χ4n) is 2.15. The number of unbranched alkanes of at least 4 members (excludes halogenated alkanes) is 2. The molecule has 0 aliphatic heterocycles. The Hall–Kier alpha value is -2.60. The summed E-state index contributed by atoms with van der Waals surface area (Å²) in [6, 6.07) is 13.4. The molecule has 1 aromatic carbocycles. The molecule has 1 heterocycles. The van der Waals surface area contributed by atoms with Crippen LogP contribution in [0.4, 0.5) is 0 Å². The molecule has 0 bridgehead atoms. The minimum atomic E-state index is 0.653. The molecule has 0 N–H and O–H groups in total. The molecule has 0 unspecified atom stereocenters. The zero-order valence-electron chi connectivity index (χ0n) is 13.5. The SMILES string of the molecule is CCCCC=CCCOc1ccc(-c2ccc(C#N)cc2)nc1. The van der Waals surface area contributed by atoms with Crippen molar-refractivity contribution in [3.63, 3.8) is 0 Å². The molecule has 0 amide bonds. The van der Waals surface area contributed by atoms with Crippen molar-refractivity contribution in [3.05, 3.63) is 60.3 Å². The van der Waals surface area contributed by atoms with Crippen LogP contribution < -0.4 is 4.74 Å². The quantitative estimate of drug-likeness (QED) is 0.501. The van der Waals surface area contributed by atoms with Crippen LogP contribution >= 0.6 is 0 Å². The van der Waals surface area contributed by atoms with Gasteiger partial charge in [0.05, 0.1) is 30.1 Å². The summed E-state index contributed by atoms with van der Waals surface area (Å²) < 4.78 is 5.68. The highest BCUT2D eigenvalue weighted by Gasteiger charge is 2.00. The maximum atomic E-state index is 8.81. The number of allylic oxidation sites excluding steroid dienone is 1. The Bertz CT molecular complexity index is 652. The normalized spacial score (nSPS) is 10.6. The Morgan fingerprint density at radius 3 is 2.52 bits per heavy atom. The number of benzene rings is 1. The second-order valence-corrected chi connectivity index (χ2v) is 5.32. The Balaban J connectivity index is 1.82. The van der Waals surface area contributed by atoms with Gasteiger partial charge in [0, 0.05) is 5.56 Å². The number of aromatic nitrogens is 1. The molecule has 0 fully saturated rings. The van der Waals surface area contributed by atoms with E-state index in [0.717, 1.165) is 29.8 Å². The van der Waals surface area contributed by atoms with Crippen LogP contribution in [0.1, 0.15) is 38.2 Å². The van der Waals surface area contributed by atoms with E-state index in [1.165, 1.54) is 12.8 Å². The van der Waals surface area contributed by atoms with Crippen LogP contribution in [-0.2, 0) is 0 Å². The van der Waals surface area contributed by atoms with Gasteiger partial charge >= 0.3 is 0 Å². The molecule has 3 heteroatoms. The van der Waals surface area contributed by atoms with Gasteiger partial charge < -0.3 is 4.74 Å². The Kier molecular flexibility index (Phi) is 6.87. The summed E-state index contributed by atoms with van der Waals surface area (Å²) in [7, 11) is 0. The van der Waals surface area contributed by atoms with Crippen LogP contribution in [0.5, 0.6) is 5.75 Å². The first-order valence-electron chi connectivity index (χ1n) is 8.08. The summed E-state index contributed by atoms with van der Waals surface area (Å²) in [5.41, 5.74) is 2.52. The van der Waals surface area contributed by atoms with E-state index < -0.39 is 0 Å². The third-order valence-corrected chi connectivity index (χ3v) is 3.49. The second-order valence-electron chi connectivity index (χ2n) is 5.32. The van der Waals surface area contributed by atoms with E-state index in [0.29, 0.717) is 12.2 Å².